The van der Waals surface area contributed by atoms with E-state index >= 15 is 0 Å². The molecule has 0 aliphatic heterocycles. The lowest BCUT2D eigenvalue weighted by atomic mass is 10.0. The average molecular weight is 289 g/mol. The van der Waals surface area contributed by atoms with Crippen LogP contribution in [-0.4, -0.2) is 13.2 Å². The van der Waals surface area contributed by atoms with Gasteiger partial charge in [-0.3, -0.25) is 0 Å². The molecule has 3 heteroatoms. The summed E-state index contributed by atoms with van der Waals surface area (Å²) in [6.07, 6.45) is 0. The van der Waals surface area contributed by atoms with Crippen molar-refractivity contribution in [3.63, 3.8) is 0 Å². The molecule has 1 unspecified atom stereocenters. The first-order valence-electron chi connectivity index (χ1n) is 7.18. The van der Waals surface area contributed by atoms with Crippen molar-refractivity contribution >= 4 is 11.3 Å². The molecule has 2 rings (SSSR count). The van der Waals surface area contributed by atoms with Crippen LogP contribution < -0.4 is 10.1 Å². The Morgan fingerprint density at radius 3 is 2.35 bits per heavy atom. The summed E-state index contributed by atoms with van der Waals surface area (Å²) in [6.45, 7) is 10.2. The molecule has 108 valence electrons. The Hall–Kier alpha value is -1.32. The van der Waals surface area contributed by atoms with Gasteiger partial charge in [-0.2, -0.15) is 0 Å². The van der Waals surface area contributed by atoms with E-state index in [1.807, 2.05) is 18.3 Å². The maximum atomic E-state index is 5.51. The highest BCUT2D eigenvalue weighted by atomic mass is 32.1. The Labute approximate surface area is 125 Å². The molecule has 20 heavy (non-hydrogen) atoms. The van der Waals surface area contributed by atoms with Crippen molar-refractivity contribution in [1.82, 2.24) is 5.32 Å². The molecule has 1 atom stereocenters. The molecule has 0 aliphatic rings. The summed E-state index contributed by atoms with van der Waals surface area (Å²) in [7, 11) is 0. The highest BCUT2D eigenvalue weighted by molar-refractivity contribution is 7.12. The Morgan fingerprint density at radius 1 is 1.15 bits per heavy atom. The van der Waals surface area contributed by atoms with Gasteiger partial charge in [0.25, 0.3) is 0 Å². The van der Waals surface area contributed by atoms with Gasteiger partial charge in [-0.05, 0) is 56.6 Å². The minimum Gasteiger partial charge on any atom is -0.494 e. The van der Waals surface area contributed by atoms with Gasteiger partial charge >= 0.3 is 0 Å². The minimum atomic E-state index is 0.271. The predicted molar refractivity (Wildman–Crippen MR) is 86.9 cm³/mol. The molecule has 0 spiro atoms. The van der Waals surface area contributed by atoms with Crippen molar-refractivity contribution in [1.29, 1.82) is 0 Å². The Balaban J connectivity index is 2.27. The smallest absolute Gasteiger partial charge is 0.119 e. The summed E-state index contributed by atoms with van der Waals surface area (Å²) >= 11 is 1.88. The topological polar surface area (TPSA) is 21.3 Å². The van der Waals surface area contributed by atoms with E-state index in [0.717, 1.165) is 12.3 Å². The van der Waals surface area contributed by atoms with E-state index in [1.54, 1.807) is 0 Å². The van der Waals surface area contributed by atoms with Crippen LogP contribution in [0.3, 0.4) is 0 Å². The lowest BCUT2D eigenvalue weighted by molar-refractivity contribution is 0.340. The van der Waals surface area contributed by atoms with Crippen molar-refractivity contribution in [3.8, 4) is 5.75 Å². The van der Waals surface area contributed by atoms with Crippen LogP contribution in [0.25, 0.3) is 0 Å². The van der Waals surface area contributed by atoms with E-state index in [1.165, 1.54) is 20.9 Å². The molecular weight excluding hydrogens is 266 g/mol. The van der Waals surface area contributed by atoms with Gasteiger partial charge in [0.05, 0.1) is 12.6 Å². The molecule has 1 aromatic heterocycles. The van der Waals surface area contributed by atoms with Gasteiger partial charge in [-0.25, -0.2) is 0 Å². The fourth-order valence-electron chi connectivity index (χ4n) is 2.25. The lowest BCUT2D eigenvalue weighted by Gasteiger charge is -2.17. The summed E-state index contributed by atoms with van der Waals surface area (Å²) in [5, 5.41) is 3.58. The molecule has 1 aromatic carbocycles. The molecule has 0 bridgehead atoms. The van der Waals surface area contributed by atoms with E-state index in [0.29, 0.717) is 6.61 Å². The number of aryl methyl sites for hydroxylation is 2. The maximum Gasteiger partial charge on any atom is 0.119 e. The van der Waals surface area contributed by atoms with E-state index in [4.69, 9.17) is 4.74 Å². The Morgan fingerprint density at radius 2 is 1.85 bits per heavy atom. The minimum absolute atomic E-state index is 0.271. The third-order valence-corrected chi connectivity index (χ3v) is 4.62. The number of thiophene rings is 1. The van der Waals surface area contributed by atoms with Crippen LogP contribution in [0.4, 0.5) is 0 Å². The van der Waals surface area contributed by atoms with E-state index in [-0.39, 0.29) is 6.04 Å². The van der Waals surface area contributed by atoms with Crippen molar-refractivity contribution in [3.05, 3.63) is 51.2 Å². The first-order chi connectivity index (χ1) is 9.65. The zero-order valence-electron chi connectivity index (χ0n) is 12.7. The van der Waals surface area contributed by atoms with Crippen molar-refractivity contribution in [2.24, 2.45) is 0 Å². The van der Waals surface area contributed by atoms with Gasteiger partial charge < -0.3 is 10.1 Å². The lowest BCUT2D eigenvalue weighted by Crippen LogP contribution is -2.21. The third-order valence-electron chi connectivity index (χ3n) is 3.40. The second kappa shape index (κ2) is 6.91. The number of hydrogen-bond donors (Lipinski definition) is 1. The van der Waals surface area contributed by atoms with Crippen LogP contribution in [-0.2, 0) is 0 Å². The highest BCUT2D eigenvalue weighted by Gasteiger charge is 2.16. The average Bonchev–Trinajstić information content (AvgIpc) is 2.77. The predicted octanol–water partition coefficient (Wildman–Crippen LogP) is 4.46. The molecule has 0 aliphatic carbocycles. The molecule has 2 aromatic rings. The van der Waals surface area contributed by atoms with Crippen LogP contribution in [0.5, 0.6) is 5.75 Å². The molecular formula is C17H23NOS. The Kier molecular flexibility index (Phi) is 5.21. The van der Waals surface area contributed by atoms with Crippen molar-refractivity contribution in [2.45, 2.75) is 33.7 Å². The molecule has 2 nitrogen and oxygen atoms in total. The Bertz CT molecular complexity index is 525. The standard InChI is InChI=1S/C17H23NOS/c1-5-18-17(16-11-12(3)13(4)20-16)14-7-9-15(10-8-14)19-6-2/h7-11,17-18H,5-6H2,1-4H3. The molecule has 1 heterocycles. The summed E-state index contributed by atoms with van der Waals surface area (Å²) in [5.41, 5.74) is 2.66. The molecule has 0 fully saturated rings. The third kappa shape index (κ3) is 3.41. The zero-order valence-corrected chi connectivity index (χ0v) is 13.5. The summed E-state index contributed by atoms with van der Waals surface area (Å²) in [6, 6.07) is 11.0. The zero-order chi connectivity index (χ0) is 14.5. The van der Waals surface area contributed by atoms with Crippen molar-refractivity contribution < 1.29 is 4.74 Å². The van der Waals surface area contributed by atoms with Gasteiger partial charge in [0.2, 0.25) is 0 Å². The van der Waals surface area contributed by atoms with Gasteiger partial charge in [0, 0.05) is 9.75 Å². The molecule has 1 N–H and O–H groups in total. The quantitative estimate of drug-likeness (QED) is 0.847. The van der Waals surface area contributed by atoms with Crippen molar-refractivity contribution in [2.75, 3.05) is 13.2 Å². The summed E-state index contributed by atoms with van der Waals surface area (Å²) in [5.74, 6) is 0.935. The second-order valence-corrected chi connectivity index (χ2v) is 6.17. The molecule has 0 saturated carbocycles. The van der Waals surface area contributed by atoms with Gasteiger partial charge in [-0.1, -0.05) is 19.1 Å². The second-order valence-electron chi connectivity index (χ2n) is 4.88. The van der Waals surface area contributed by atoms with Gasteiger partial charge in [-0.15, -0.1) is 11.3 Å². The fourth-order valence-corrected chi connectivity index (χ4v) is 3.40. The maximum absolute atomic E-state index is 5.51. The normalized spacial score (nSPS) is 12.4. The molecule has 0 saturated heterocycles. The number of nitrogens with one attached hydrogen (secondary N) is 1. The van der Waals surface area contributed by atoms with E-state index in [2.05, 4.69) is 56.4 Å². The van der Waals surface area contributed by atoms with E-state index in [9.17, 15) is 0 Å². The number of ether oxygens (including phenoxy) is 1. The van der Waals surface area contributed by atoms with Crippen LogP contribution in [0.15, 0.2) is 30.3 Å². The highest BCUT2D eigenvalue weighted by Crippen LogP contribution is 2.31. The van der Waals surface area contributed by atoms with E-state index < -0.39 is 0 Å². The number of hydrogen-bond acceptors (Lipinski definition) is 3. The van der Waals surface area contributed by atoms with Gasteiger partial charge in [0.15, 0.2) is 0 Å². The van der Waals surface area contributed by atoms with Crippen LogP contribution in [0.2, 0.25) is 0 Å². The van der Waals surface area contributed by atoms with Gasteiger partial charge in [0.1, 0.15) is 5.75 Å². The summed E-state index contributed by atoms with van der Waals surface area (Å²) < 4.78 is 5.51. The monoisotopic (exact) mass is 289 g/mol. The van der Waals surface area contributed by atoms with Crippen LogP contribution in [0, 0.1) is 13.8 Å². The number of benzene rings is 1. The fraction of sp³-hybridized carbons (Fsp3) is 0.412. The first-order valence-corrected chi connectivity index (χ1v) is 8.00. The van der Waals surface area contributed by atoms with Crippen LogP contribution in [0.1, 0.15) is 40.8 Å². The molecule has 0 radical (unpaired) electrons. The largest absolute Gasteiger partial charge is 0.494 e. The molecule has 0 amide bonds. The first kappa shape index (κ1) is 15.1. The summed E-state index contributed by atoms with van der Waals surface area (Å²) in [4.78, 5) is 2.78. The number of rotatable bonds is 6. The SMILES string of the molecule is CCNC(c1ccc(OCC)cc1)c1cc(C)c(C)s1. The van der Waals surface area contributed by atoms with Crippen LogP contribution >= 0.6 is 11.3 Å².